The largest absolute Gasteiger partial charge is 0.481 e. The molecule has 7 heavy (non-hydrogen) atoms. The third-order valence-corrected chi connectivity index (χ3v) is 0. The molecule has 0 aliphatic carbocycles. The van der Waals surface area contributed by atoms with Crippen molar-refractivity contribution in [2.45, 2.75) is 6.92 Å². The zero-order chi connectivity index (χ0) is 5.58. The van der Waals surface area contributed by atoms with Crippen LogP contribution in [0, 0.1) is 0 Å². The van der Waals surface area contributed by atoms with Crippen LogP contribution in [0.1, 0.15) is 6.92 Å². The van der Waals surface area contributed by atoms with Crippen LogP contribution in [0.2, 0.25) is 0 Å². The van der Waals surface area contributed by atoms with E-state index in [0.717, 1.165) is 14.0 Å². The fourth-order valence-corrected chi connectivity index (χ4v) is 0. The average Bonchev–Trinajstić information content (AvgIpc) is 1.41. The molecule has 0 atom stereocenters. The molecule has 0 amide bonds. The van der Waals surface area contributed by atoms with Gasteiger partial charge in [-0.05, 0) is 0 Å². The van der Waals surface area contributed by atoms with Crippen molar-refractivity contribution in [1.82, 2.24) is 0 Å². The molecule has 0 aromatic carbocycles. The summed E-state index contributed by atoms with van der Waals surface area (Å²) < 4.78 is 0. The van der Waals surface area contributed by atoms with Crippen molar-refractivity contribution < 1.29 is 31.8 Å². The quantitative estimate of drug-likeness (QED) is 0.499. The van der Waals surface area contributed by atoms with Crippen LogP contribution in [-0.2, 0) is 21.6 Å². The molecule has 0 saturated heterocycles. The van der Waals surface area contributed by atoms with Crippen molar-refractivity contribution in [3.8, 4) is 0 Å². The molecule has 0 aromatic rings. The van der Waals surface area contributed by atoms with E-state index in [0.29, 0.717) is 0 Å². The summed E-state index contributed by atoms with van der Waals surface area (Å²) in [6.45, 7) is 1.08. The van der Waals surface area contributed by atoms with Gasteiger partial charge in [-0.3, -0.25) is 4.79 Å². The zero-order valence-electron chi connectivity index (χ0n) is 4.14. The van der Waals surface area contributed by atoms with Gasteiger partial charge in [0.25, 0.3) is 5.97 Å². The number of aliphatic hydroxyl groups is 1. The number of carbonyl (C=O) groups is 1. The first-order valence-electron chi connectivity index (χ1n) is 1.37. The molecule has 3 nitrogen and oxygen atoms in total. The van der Waals surface area contributed by atoms with Gasteiger partial charge in [0.05, 0.1) is 0 Å². The summed E-state index contributed by atoms with van der Waals surface area (Å²) in [5.74, 6) is -0.833. The van der Waals surface area contributed by atoms with Crippen molar-refractivity contribution in [2.24, 2.45) is 0 Å². The van der Waals surface area contributed by atoms with E-state index in [-0.39, 0.29) is 16.8 Å². The Balaban J connectivity index is -0.0000000480. The molecule has 47 valence electrons. The maximum Gasteiger partial charge on any atom is 0.300 e. The fourth-order valence-electron chi connectivity index (χ4n) is 0. The van der Waals surface area contributed by atoms with Crippen LogP contribution in [0.3, 0.4) is 0 Å². The van der Waals surface area contributed by atoms with E-state index in [4.69, 9.17) is 15.0 Å². The molecule has 0 bridgehead atoms. The molecular formula is C3H8CoO3. The van der Waals surface area contributed by atoms with E-state index in [9.17, 15) is 0 Å². The van der Waals surface area contributed by atoms with Crippen molar-refractivity contribution in [1.29, 1.82) is 0 Å². The molecule has 0 unspecified atom stereocenters. The molecule has 0 aliphatic rings. The fraction of sp³-hybridized carbons (Fsp3) is 0.667. The number of carboxylic acids is 1. The summed E-state index contributed by atoms with van der Waals surface area (Å²) in [6, 6.07) is 0. The van der Waals surface area contributed by atoms with Gasteiger partial charge in [0.15, 0.2) is 0 Å². The van der Waals surface area contributed by atoms with E-state index < -0.39 is 5.97 Å². The Labute approximate surface area is 52.5 Å². The molecule has 0 spiro atoms. The van der Waals surface area contributed by atoms with E-state index in [1.807, 2.05) is 0 Å². The van der Waals surface area contributed by atoms with Gasteiger partial charge in [-0.25, -0.2) is 0 Å². The minimum absolute atomic E-state index is 0. The van der Waals surface area contributed by atoms with Crippen molar-refractivity contribution in [3.05, 3.63) is 0 Å². The molecule has 2 N–H and O–H groups in total. The van der Waals surface area contributed by atoms with Crippen LogP contribution in [0.25, 0.3) is 0 Å². The summed E-state index contributed by atoms with van der Waals surface area (Å²) in [5, 5.41) is 14.4. The van der Waals surface area contributed by atoms with Gasteiger partial charge in [0.1, 0.15) is 0 Å². The van der Waals surface area contributed by atoms with E-state index >= 15 is 0 Å². The Kier molecular flexibility index (Phi) is 37.8. The monoisotopic (exact) mass is 151 g/mol. The van der Waals surface area contributed by atoms with E-state index in [1.165, 1.54) is 0 Å². The van der Waals surface area contributed by atoms with Gasteiger partial charge >= 0.3 is 0 Å². The normalized spacial score (nSPS) is 4.43. The summed E-state index contributed by atoms with van der Waals surface area (Å²) in [4.78, 5) is 9.00. The smallest absolute Gasteiger partial charge is 0.300 e. The Hall–Kier alpha value is -0.0635. The van der Waals surface area contributed by atoms with Crippen molar-refractivity contribution in [3.63, 3.8) is 0 Å². The van der Waals surface area contributed by atoms with Gasteiger partial charge < -0.3 is 10.2 Å². The summed E-state index contributed by atoms with van der Waals surface area (Å²) in [7, 11) is 1.00. The Morgan fingerprint density at radius 1 is 1.43 bits per heavy atom. The maximum absolute atomic E-state index is 9.00. The van der Waals surface area contributed by atoms with Gasteiger partial charge in [-0.15, -0.1) is 0 Å². The molecule has 0 aromatic heterocycles. The zero-order valence-corrected chi connectivity index (χ0v) is 5.18. The second kappa shape index (κ2) is 16.8. The van der Waals surface area contributed by atoms with Gasteiger partial charge in [-0.2, -0.15) is 0 Å². The summed E-state index contributed by atoms with van der Waals surface area (Å²) in [5.41, 5.74) is 0. The van der Waals surface area contributed by atoms with E-state index in [1.54, 1.807) is 0 Å². The Morgan fingerprint density at radius 2 is 1.43 bits per heavy atom. The molecule has 0 saturated carbocycles. The number of hydrogen-bond donors (Lipinski definition) is 2. The number of carboxylic acid groups (broad SMARTS) is 1. The number of hydrogen-bond acceptors (Lipinski definition) is 2. The van der Waals surface area contributed by atoms with Gasteiger partial charge in [0, 0.05) is 30.8 Å². The third-order valence-electron chi connectivity index (χ3n) is 0. The molecule has 0 rings (SSSR count). The summed E-state index contributed by atoms with van der Waals surface area (Å²) in [6.07, 6.45) is 0. The van der Waals surface area contributed by atoms with Crippen LogP contribution in [0.5, 0.6) is 0 Å². The molecule has 0 aliphatic heterocycles. The number of rotatable bonds is 0. The van der Waals surface area contributed by atoms with Gasteiger partial charge in [-0.1, -0.05) is 0 Å². The topological polar surface area (TPSA) is 57.5 Å². The van der Waals surface area contributed by atoms with Gasteiger partial charge in [0.2, 0.25) is 0 Å². The first kappa shape index (κ1) is 15.8. The SMILES string of the molecule is CC(=O)O.CO.[Co]. The third kappa shape index (κ3) is 22800. The molecular weight excluding hydrogens is 143 g/mol. The first-order chi connectivity index (χ1) is 2.73. The predicted octanol–water partition coefficient (Wildman–Crippen LogP) is -0.303. The van der Waals surface area contributed by atoms with E-state index in [2.05, 4.69) is 0 Å². The minimum Gasteiger partial charge on any atom is -0.481 e. The van der Waals surface area contributed by atoms with Crippen LogP contribution < -0.4 is 0 Å². The number of aliphatic hydroxyl groups excluding tert-OH is 1. The predicted molar refractivity (Wildman–Crippen MR) is 21.5 cm³/mol. The second-order valence-electron chi connectivity index (χ2n) is 0.519. The number of aliphatic carboxylic acids is 1. The second-order valence-corrected chi connectivity index (χ2v) is 0.519. The average molecular weight is 151 g/mol. The Morgan fingerprint density at radius 3 is 1.43 bits per heavy atom. The molecule has 0 fully saturated rings. The molecule has 4 heteroatoms. The minimum atomic E-state index is -0.833. The molecule has 1 radical (unpaired) electrons. The molecule has 0 heterocycles. The van der Waals surface area contributed by atoms with Crippen LogP contribution in [0.4, 0.5) is 0 Å². The first-order valence-corrected chi connectivity index (χ1v) is 1.37. The van der Waals surface area contributed by atoms with Crippen LogP contribution >= 0.6 is 0 Å². The summed E-state index contributed by atoms with van der Waals surface area (Å²) >= 11 is 0. The van der Waals surface area contributed by atoms with Crippen LogP contribution in [0.15, 0.2) is 0 Å². The Bertz CT molecular complexity index is 33.2. The van der Waals surface area contributed by atoms with Crippen molar-refractivity contribution in [2.75, 3.05) is 7.11 Å². The van der Waals surface area contributed by atoms with Crippen LogP contribution in [-0.4, -0.2) is 23.3 Å². The maximum atomic E-state index is 9.00. The van der Waals surface area contributed by atoms with Crippen molar-refractivity contribution >= 4 is 5.97 Å². The standard InChI is InChI=1S/C2H4O2.CH4O.Co/c1-2(3)4;1-2;/h1H3,(H,3,4);2H,1H3;.